The first-order chi connectivity index (χ1) is 5.83. The predicted octanol–water partition coefficient (Wildman–Crippen LogP) is 0.183. The lowest BCUT2D eigenvalue weighted by molar-refractivity contribution is -0.0376. The summed E-state index contributed by atoms with van der Waals surface area (Å²) in [6, 6.07) is 0. The zero-order valence-corrected chi connectivity index (χ0v) is 6.30. The van der Waals surface area contributed by atoms with Crippen molar-refractivity contribution in [3.8, 4) is 0 Å². The van der Waals surface area contributed by atoms with Crippen LogP contribution in [0.5, 0.6) is 0 Å². The van der Waals surface area contributed by atoms with Gasteiger partial charge in [0.15, 0.2) is 0 Å². The second-order valence-electron chi connectivity index (χ2n) is 2.40. The van der Waals surface area contributed by atoms with Crippen LogP contribution in [0.4, 0.5) is 0 Å². The van der Waals surface area contributed by atoms with Crippen LogP contribution in [-0.2, 0) is 0 Å². The Morgan fingerprint density at radius 3 is 1.67 bits per heavy atom. The maximum absolute atomic E-state index is 8.50. The molecule has 1 saturated carbocycles. The lowest BCUT2D eigenvalue weighted by Gasteiger charge is -1.95. The largest absolute Gasteiger partial charge is 0.481 e. The monoisotopic (exact) mass is 162 g/mol. The fraction of sp³-hybridized carbons (Fsp3) is 0.500. The maximum atomic E-state index is 8.50. The van der Waals surface area contributed by atoms with E-state index in [2.05, 4.69) is 14.4 Å². The molecule has 0 aromatic heterocycles. The highest BCUT2D eigenvalue weighted by atomic mass is 14.9. The summed E-state index contributed by atoms with van der Waals surface area (Å²) in [5.74, 6) is 0. The van der Waals surface area contributed by atoms with E-state index < -0.39 is 0 Å². The van der Waals surface area contributed by atoms with Crippen molar-refractivity contribution < 1.29 is 14.4 Å². The Morgan fingerprint density at radius 2 is 1.33 bits per heavy atom. The Hall–Kier alpha value is -1.86. The third kappa shape index (κ3) is 1.26. The van der Waals surface area contributed by atoms with E-state index in [9.17, 15) is 0 Å². The molecule has 60 valence electrons. The molecule has 0 unspecified atom stereocenters. The molecule has 1 fully saturated rings. The Balaban J connectivity index is 3.23. The van der Waals surface area contributed by atoms with Gasteiger partial charge < -0.3 is 16.6 Å². The fourth-order valence-electron chi connectivity index (χ4n) is 1.14. The van der Waals surface area contributed by atoms with Crippen molar-refractivity contribution in [3.63, 3.8) is 0 Å². The van der Waals surface area contributed by atoms with Gasteiger partial charge in [0.05, 0.1) is 12.8 Å². The summed E-state index contributed by atoms with van der Waals surface area (Å²) in [4.78, 5) is 8.75. The van der Waals surface area contributed by atoms with Crippen LogP contribution in [0.2, 0.25) is 0 Å². The molecule has 0 heterocycles. The van der Waals surface area contributed by atoms with Gasteiger partial charge in [0.25, 0.3) is 0 Å². The van der Waals surface area contributed by atoms with Crippen molar-refractivity contribution in [3.05, 3.63) is 16.6 Å². The van der Waals surface area contributed by atoms with Gasteiger partial charge in [0.1, 0.15) is 0 Å². The standard InChI is InChI=1S/C6H6N6/c7-10-4-2-1-3-5(11-8)6(4)12-9/h1-3H2. The molecular formula is C6H6N6. The second kappa shape index (κ2) is 3.51. The van der Waals surface area contributed by atoms with Crippen LogP contribution < -0.4 is 0 Å². The zero-order valence-electron chi connectivity index (χ0n) is 6.30. The lowest BCUT2D eigenvalue weighted by atomic mass is 9.95. The molecule has 0 spiro atoms. The number of rotatable bonds is 0. The molecule has 0 bridgehead atoms. The van der Waals surface area contributed by atoms with Crippen LogP contribution in [0.15, 0.2) is 0 Å². The Kier molecular flexibility index (Phi) is 2.41. The number of hydrogen-bond donors (Lipinski definition) is 0. The van der Waals surface area contributed by atoms with E-state index in [-0.39, 0.29) is 17.1 Å². The molecule has 0 saturated heterocycles. The highest BCUT2D eigenvalue weighted by Gasteiger charge is 2.42. The third-order valence-electron chi connectivity index (χ3n) is 1.72. The quantitative estimate of drug-likeness (QED) is 0.357. The molecule has 0 aliphatic heterocycles. The molecule has 6 heteroatoms. The first-order valence-electron chi connectivity index (χ1n) is 3.48. The minimum Gasteiger partial charge on any atom is -0.361 e. The highest BCUT2D eigenvalue weighted by Crippen LogP contribution is 2.06. The average Bonchev–Trinajstić information content (AvgIpc) is 2.16. The molecule has 0 aromatic carbocycles. The van der Waals surface area contributed by atoms with Gasteiger partial charge in [0.2, 0.25) is 0 Å². The molecule has 0 amide bonds. The van der Waals surface area contributed by atoms with Crippen LogP contribution in [-0.4, -0.2) is 31.5 Å². The molecule has 12 heavy (non-hydrogen) atoms. The summed E-state index contributed by atoms with van der Waals surface area (Å²) in [6.45, 7) is 0. The summed E-state index contributed by atoms with van der Waals surface area (Å²) in [5.41, 5.74) is 26.0. The SMILES string of the molecule is [N-]=[N+]=C1CCCC(=[N+]=[N-])C1=[N+]=[N-]. The molecule has 0 radical (unpaired) electrons. The zero-order chi connectivity index (χ0) is 8.97. The molecule has 1 aliphatic rings. The molecule has 1 aliphatic carbocycles. The maximum Gasteiger partial charge on any atom is 0.481 e. The summed E-state index contributed by atoms with van der Waals surface area (Å²) in [7, 11) is 0. The Labute approximate surface area is 68.3 Å². The van der Waals surface area contributed by atoms with Crippen LogP contribution in [0, 0.1) is 0 Å². The van der Waals surface area contributed by atoms with Gasteiger partial charge in [-0.25, -0.2) is 0 Å². The molecule has 6 nitrogen and oxygen atoms in total. The van der Waals surface area contributed by atoms with Crippen molar-refractivity contribution in [1.82, 2.24) is 0 Å². The molecule has 1 rings (SSSR count). The number of hydrogen-bond acceptors (Lipinski definition) is 0. The fourth-order valence-corrected chi connectivity index (χ4v) is 1.14. The van der Waals surface area contributed by atoms with Gasteiger partial charge >= 0.3 is 17.1 Å². The van der Waals surface area contributed by atoms with Gasteiger partial charge in [-0.15, -0.1) is 4.79 Å². The van der Waals surface area contributed by atoms with E-state index in [1.165, 1.54) is 0 Å². The molecule has 0 atom stereocenters. The van der Waals surface area contributed by atoms with E-state index in [4.69, 9.17) is 16.6 Å². The van der Waals surface area contributed by atoms with Crippen LogP contribution in [0.25, 0.3) is 16.6 Å². The molecule has 0 N–H and O–H groups in total. The molecular weight excluding hydrogens is 156 g/mol. The topological polar surface area (TPSA) is 109 Å². The highest BCUT2D eigenvalue weighted by molar-refractivity contribution is 6.65. The van der Waals surface area contributed by atoms with E-state index in [1.807, 2.05) is 0 Å². The Bertz CT molecular complexity index is 320. The van der Waals surface area contributed by atoms with Crippen molar-refractivity contribution in [2.45, 2.75) is 19.3 Å². The van der Waals surface area contributed by atoms with Gasteiger partial charge in [-0.05, 0) is 6.42 Å². The lowest BCUT2D eigenvalue weighted by Crippen LogP contribution is -2.31. The number of nitrogens with zero attached hydrogens (tertiary/aromatic N) is 6. The van der Waals surface area contributed by atoms with Crippen molar-refractivity contribution in [1.29, 1.82) is 0 Å². The summed E-state index contributed by atoms with van der Waals surface area (Å²) >= 11 is 0. The Morgan fingerprint density at radius 1 is 0.833 bits per heavy atom. The third-order valence-corrected chi connectivity index (χ3v) is 1.72. The smallest absolute Gasteiger partial charge is 0.361 e. The summed E-state index contributed by atoms with van der Waals surface area (Å²) in [6.07, 6.45) is 1.77. The van der Waals surface area contributed by atoms with Gasteiger partial charge in [0, 0.05) is 0 Å². The van der Waals surface area contributed by atoms with E-state index in [1.54, 1.807) is 0 Å². The van der Waals surface area contributed by atoms with Gasteiger partial charge in [-0.1, -0.05) is 0 Å². The normalized spacial score (nSPS) is 16.5. The van der Waals surface area contributed by atoms with Crippen molar-refractivity contribution in [2.75, 3.05) is 0 Å². The van der Waals surface area contributed by atoms with Crippen molar-refractivity contribution in [2.24, 2.45) is 0 Å². The van der Waals surface area contributed by atoms with E-state index in [0.29, 0.717) is 12.8 Å². The van der Waals surface area contributed by atoms with E-state index in [0.717, 1.165) is 6.42 Å². The second-order valence-corrected chi connectivity index (χ2v) is 2.40. The van der Waals surface area contributed by atoms with Crippen LogP contribution in [0.1, 0.15) is 19.3 Å². The van der Waals surface area contributed by atoms with Crippen LogP contribution in [0.3, 0.4) is 0 Å². The molecule has 0 aromatic rings. The summed E-state index contributed by atoms with van der Waals surface area (Å²) in [5, 5.41) is 0. The van der Waals surface area contributed by atoms with Gasteiger partial charge in [-0.3, -0.25) is 0 Å². The minimum absolute atomic E-state index is 0.0613. The van der Waals surface area contributed by atoms with Crippen molar-refractivity contribution >= 4 is 17.1 Å². The summed E-state index contributed by atoms with van der Waals surface area (Å²) < 4.78 is 0. The first kappa shape index (κ1) is 8.24. The first-order valence-corrected chi connectivity index (χ1v) is 3.48. The van der Waals surface area contributed by atoms with Crippen LogP contribution >= 0.6 is 0 Å². The van der Waals surface area contributed by atoms with Gasteiger partial charge in [-0.2, -0.15) is 9.58 Å². The predicted molar refractivity (Wildman–Crippen MR) is 39.7 cm³/mol. The minimum atomic E-state index is 0.0613. The van der Waals surface area contributed by atoms with E-state index >= 15 is 0 Å². The average molecular weight is 162 g/mol.